The third kappa shape index (κ3) is 5.47. The Hall–Kier alpha value is -2.68. The third-order valence-corrected chi connectivity index (χ3v) is 6.50. The van der Waals surface area contributed by atoms with Crippen molar-refractivity contribution in [3.05, 3.63) is 65.2 Å². The van der Waals surface area contributed by atoms with E-state index in [2.05, 4.69) is 43.4 Å². The first-order chi connectivity index (χ1) is 14.5. The summed E-state index contributed by atoms with van der Waals surface area (Å²) in [5.41, 5.74) is 4.14. The molecule has 0 bridgehead atoms. The van der Waals surface area contributed by atoms with E-state index < -0.39 is 0 Å². The molecule has 1 fully saturated rings. The van der Waals surface area contributed by atoms with Crippen molar-refractivity contribution < 1.29 is 14.6 Å². The second kappa shape index (κ2) is 10.4. The Morgan fingerprint density at radius 1 is 1.07 bits per heavy atom. The number of anilines is 1. The lowest BCUT2D eigenvalue weighted by Crippen LogP contribution is -3.29. The van der Waals surface area contributed by atoms with Crippen LogP contribution in [0.15, 0.2) is 48.5 Å². The number of carbonyl (C=O) groups excluding carboxylic acids is 1. The number of rotatable bonds is 7. The van der Waals surface area contributed by atoms with Gasteiger partial charge in [0.2, 0.25) is 0 Å². The van der Waals surface area contributed by atoms with Crippen LogP contribution in [-0.4, -0.2) is 38.1 Å². The number of benzene rings is 2. The van der Waals surface area contributed by atoms with Crippen LogP contribution in [0.4, 0.5) is 5.69 Å². The predicted molar refractivity (Wildman–Crippen MR) is 119 cm³/mol. The Balaban J connectivity index is 1.53. The fourth-order valence-electron chi connectivity index (χ4n) is 4.21. The molecular formula is C25H34N4O+2. The number of nitriles is 1. The molecule has 30 heavy (non-hydrogen) atoms. The zero-order chi connectivity index (χ0) is 21.5. The SMILES string of the molecule is CC[C@H](C)c1ccccc1NC(=O)[C@H](C)[NH+]1CC[NH+](Cc2ccc(C#N)cc2)CC1. The molecule has 2 aromatic rings. The minimum Gasteiger partial charge on any atom is -0.322 e. The number of amides is 1. The van der Waals surface area contributed by atoms with Gasteiger partial charge in [0.1, 0.15) is 32.7 Å². The van der Waals surface area contributed by atoms with E-state index in [9.17, 15) is 4.79 Å². The largest absolute Gasteiger partial charge is 0.322 e. The fraction of sp³-hybridized carbons (Fsp3) is 0.440. The number of carbonyl (C=O) groups is 1. The molecule has 1 aliphatic heterocycles. The summed E-state index contributed by atoms with van der Waals surface area (Å²) in [4.78, 5) is 15.8. The molecule has 3 rings (SSSR count). The molecule has 0 radical (unpaired) electrons. The maximum atomic E-state index is 12.9. The van der Waals surface area contributed by atoms with Crippen molar-refractivity contribution in [3.8, 4) is 6.07 Å². The summed E-state index contributed by atoms with van der Waals surface area (Å²) < 4.78 is 0. The maximum Gasteiger partial charge on any atom is 0.282 e. The highest BCUT2D eigenvalue weighted by Gasteiger charge is 2.31. The highest BCUT2D eigenvalue weighted by molar-refractivity contribution is 5.94. The van der Waals surface area contributed by atoms with Crippen LogP contribution in [0, 0.1) is 11.3 Å². The molecule has 1 amide bonds. The monoisotopic (exact) mass is 406 g/mol. The van der Waals surface area contributed by atoms with E-state index in [-0.39, 0.29) is 11.9 Å². The first-order valence-electron chi connectivity index (χ1n) is 11.1. The Labute approximate surface area is 180 Å². The zero-order valence-electron chi connectivity index (χ0n) is 18.4. The lowest BCUT2D eigenvalue weighted by atomic mass is 9.97. The van der Waals surface area contributed by atoms with Crippen molar-refractivity contribution in [2.45, 2.75) is 45.7 Å². The number of hydrogen-bond donors (Lipinski definition) is 3. The molecule has 1 saturated heterocycles. The second-order valence-corrected chi connectivity index (χ2v) is 8.50. The van der Waals surface area contributed by atoms with Crippen LogP contribution in [0.3, 0.4) is 0 Å². The summed E-state index contributed by atoms with van der Waals surface area (Å²) in [7, 11) is 0. The number of hydrogen-bond acceptors (Lipinski definition) is 2. The molecule has 2 aromatic carbocycles. The van der Waals surface area contributed by atoms with Crippen molar-refractivity contribution in [1.82, 2.24) is 0 Å². The van der Waals surface area contributed by atoms with Gasteiger partial charge in [-0.25, -0.2) is 0 Å². The quantitative estimate of drug-likeness (QED) is 0.651. The first kappa shape index (κ1) is 22.0. The van der Waals surface area contributed by atoms with Gasteiger partial charge in [-0.15, -0.1) is 0 Å². The van der Waals surface area contributed by atoms with Crippen LogP contribution in [0.1, 0.15) is 49.8 Å². The van der Waals surface area contributed by atoms with Gasteiger partial charge in [0, 0.05) is 11.3 Å². The van der Waals surface area contributed by atoms with Gasteiger partial charge in [-0.05, 0) is 43.0 Å². The lowest BCUT2D eigenvalue weighted by molar-refractivity contribution is -1.02. The molecule has 5 nitrogen and oxygen atoms in total. The minimum absolute atomic E-state index is 0.0635. The number of piperazine rings is 1. The third-order valence-electron chi connectivity index (χ3n) is 6.50. The van der Waals surface area contributed by atoms with Gasteiger partial charge in [-0.2, -0.15) is 5.26 Å². The number of para-hydroxylation sites is 1. The van der Waals surface area contributed by atoms with Gasteiger partial charge in [0.05, 0.1) is 11.6 Å². The predicted octanol–water partition coefficient (Wildman–Crippen LogP) is 1.38. The van der Waals surface area contributed by atoms with Crippen molar-refractivity contribution in [2.24, 2.45) is 0 Å². The Bertz CT molecular complexity index is 879. The second-order valence-electron chi connectivity index (χ2n) is 8.50. The molecule has 0 unspecified atom stereocenters. The molecule has 3 N–H and O–H groups in total. The van der Waals surface area contributed by atoms with Crippen LogP contribution in [0.5, 0.6) is 0 Å². The zero-order valence-corrected chi connectivity index (χ0v) is 18.4. The van der Waals surface area contributed by atoms with Crippen LogP contribution < -0.4 is 15.1 Å². The molecule has 0 spiro atoms. The van der Waals surface area contributed by atoms with E-state index in [1.165, 1.54) is 20.9 Å². The Morgan fingerprint density at radius 3 is 2.37 bits per heavy atom. The molecule has 2 atom stereocenters. The van der Waals surface area contributed by atoms with Gasteiger partial charge >= 0.3 is 0 Å². The Kier molecular flexibility index (Phi) is 7.62. The minimum atomic E-state index is -0.0635. The van der Waals surface area contributed by atoms with Crippen LogP contribution >= 0.6 is 0 Å². The highest BCUT2D eigenvalue weighted by Crippen LogP contribution is 2.26. The average Bonchev–Trinajstić information content (AvgIpc) is 2.79. The maximum absolute atomic E-state index is 12.9. The summed E-state index contributed by atoms with van der Waals surface area (Å²) in [6.07, 6.45) is 1.05. The van der Waals surface area contributed by atoms with Crippen molar-refractivity contribution >= 4 is 11.6 Å². The van der Waals surface area contributed by atoms with E-state index in [1.54, 1.807) is 0 Å². The summed E-state index contributed by atoms with van der Waals surface area (Å²) in [5, 5.41) is 12.1. The summed E-state index contributed by atoms with van der Waals surface area (Å²) in [5.74, 6) is 0.537. The van der Waals surface area contributed by atoms with Crippen LogP contribution in [0.2, 0.25) is 0 Å². The van der Waals surface area contributed by atoms with Gasteiger partial charge in [0.15, 0.2) is 6.04 Å². The van der Waals surface area contributed by atoms with E-state index in [0.717, 1.165) is 44.8 Å². The van der Waals surface area contributed by atoms with Gasteiger partial charge < -0.3 is 15.1 Å². The highest BCUT2D eigenvalue weighted by atomic mass is 16.2. The standard InChI is InChI=1S/C25H32N4O/c1-4-19(2)23-7-5-6-8-24(23)27-25(30)20(3)29-15-13-28(14-16-29)18-22-11-9-21(17-26)10-12-22/h5-12,19-20H,4,13-16,18H2,1-3H3,(H,27,30)/p+2/t19-,20-/m0/s1. The van der Waals surface area contributed by atoms with E-state index in [0.29, 0.717) is 11.5 Å². The number of nitrogens with zero attached hydrogens (tertiary/aromatic N) is 1. The molecular weight excluding hydrogens is 372 g/mol. The van der Waals surface area contributed by atoms with E-state index in [4.69, 9.17) is 5.26 Å². The molecule has 0 saturated carbocycles. The Morgan fingerprint density at radius 2 is 1.73 bits per heavy atom. The van der Waals surface area contributed by atoms with Crippen LogP contribution in [-0.2, 0) is 11.3 Å². The molecule has 1 heterocycles. The normalized spacial score (nSPS) is 20.7. The number of quaternary nitrogens is 2. The van der Waals surface area contributed by atoms with Gasteiger partial charge in [0.25, 0.3) is 5.91 Å². The van der Waals surface area contributed by atoms with E-state index in [1.807, 2.05) is 37.3 Å². The smallest absolute Gasteiger partial charge is 0.282 e. The molecule has 158 valence electrons. The van der Waals surface area contributed by atoms with Gasteiger partial charge in [-0.3, -0.25) is 4.79 Å². The summed E-state index contributed by atoms with van der Waals surface area (Å²) in [6, 6.07) is 18.2. The molecule has 0 aliphatic carbocycles. The van der Waals surface area contributed by atoms with Gasteiger partial charge in [-0.1, -0.05) is 44.2 Å². The van der Waals surface area contributed by atoms with Crippen molar-refractivity contribution in [1.29, 1.82) is 5.26 Å². The average molecular weight is 407 g/mol. The molecule has 0 aromatic heterocycles. The van der Waals surface area contributed by atoms with Crippen molar-refractivity contribution in [2.75, 3.05) is 31.5 Å². The van der Waals surface area contributed by atoms with E-state index >= 15 is 0 Å². The number of nitrogens with one attached hydrogen (secondary N) is 3. The summed E-state index contributed by atoms with van der Waals surface area (Å²) in [6.45, 7) is 11.5. The fourth-order valence-corrected chi connectivity index (χ4v) is 4.21. The van der Waals surface area contributed by atoms with Crippen LogP contribution in [0.25, 0.3) is 0 Å². The first-order valence-corrected chi connectivity index (χ1v) is 11.1. The lowest BCUT2D eigenvalue weighted by Gasteiger charge is -2.32. The molecule has 1 aliphatic rings. The topological polar surface area (TPSA) is 61.8 Å². The van der Waals surface area contributed by atoms with Crippen molar-refractivity contribution in [3.63, 3.8) is 0 Å². The summed E-state index contributed by atoms with van der Waals surface area (Å²) >= 11 is 0. The molecule has 5 heteroatoms.